The fraction of sp³-hybridized carbons (Fsp3) is 0.533. The number of benzene rings is 1. The van der Waals surface area contributed by atoms with Crippen LogP contribution in [0, 0.1) is 17.2 Å². The molecule has 0 bridgehead atoms. The van der Waals surface area contributed by atoms with Crippen molar-refractivity contribution in [3.05, 3.63) is 28.2 Å². The Morgan fingerprint density at radius 3 is 2.83 bits per heavy atom. The van der Waals surface area contributed by atoms with Gasteiger partial charge in [-0.2, -0.15) is 5.26 Å². The van der Waals surface area contributed by atoms with E-state index in [0.29, 0.717) is 6.04 Å². The van der Waals surface area contributed by atoms with Gasteiger partial charge in [0.25, 0.3) is 0 Å². The first-order valence-electron chi connectivity index (χ1n) is 6.75. The molecular weight excluding hydrogens is 288 g/mol. The van der Waals surface area contributed by atoms with Crippen molar-refractivity contribution in [3.8, 4) is 6.07 Å². The summed E-state index contributed by atoms with van der Waals surface area (Å²) in [7, 11) is 0. The summed E-state index contributed by atoms with van der Waals surface area (Å²) >= 11 is 3.52. The molecule has 1 aliphatic carbocycles. The van der Waals surface area contributed by atoms with Gasteiger partial charge in [0.1, 0.15) is 0 Å². The van der Waals surface area contributed by atoms with Gasteiger partial charge in [0, 0.05) is 22.7 Å². The lowest BCUT2D eigenvalue weighted by atomic mass is 9.91. The maximum absolute atomic E-state index is 9.08. The summed E-state index contributed by atoms with van der Waals surface area (Å²) < 4.78 is 1.01. The summed E-state index contributed by atoms with van der Waals surface area (Å²) in [4.78, 5) is 2.53. The number of hydrogen-bond donors (Lipinski definition) is 0. The first kappa shape index (κ1) is 12.0. The van der Waals surface area contributed by atoms with Crippen LogP contribution in [-0.2, 0) is 0 Å². The van der Waals surface area contributed by atoms with Crippen LogP contribution >= 0.6 is 15.9 Å². The first-order valence-corrected chi connectivity index (χ1v) is 7.54. The molecule has 18 heavy (non-hydrogen) atoms. The van der Waals surface area contributed by atoms with E-state index in [1.54, 1.807) is 0 Å². The molecule has 1 heterocycles. The Hall–Kier alpha value is -1.01. The molecule has 0 spiro atoms. The molecular formula is C15H17BrN2. The van der Waals surface area contributed by atoms with E-state index in [0.717, 1.165) is 22.5 Å². The highest BCUT2D eigenvalue weighted by Crippen LogP contribution is 2.39. The normalized spacial score (nSPS) is 26.8. The average Bonchev–Trinajstić information content (AvgIpc) is 2.85. The topological polar surface area (TPSA) is 27.0 Å². The minimum absolute atomic E-state index is 0.708. The van der Waals surface area contributed by atoms with Crippen LogP contribution in [0.3, 0.4) is 0 Å². The second kappa shape index (κ2) is 4.93. The van der Waals surface area contributed by atoms with E-state index in [2.05, 4.69) is 33.0 Å². The van der Waals surface area contributed by atoms with Gasteiger partial charge in [0.05, 0.1) is 11.6 Å². The molecule has 0 aromatic heterocycles. The number of piperidine rings is 1. The molecule has 0 amide bonds. The summed E-state index contributed by atoms with van der Waals surface area (Å²) in [6.45, 7) is 1.14. The van der Waals surface area contributed by atoms with Crippen molar-refractivity contribution in [2.75, 3.05) is 11.4 Å². The van der Waals surface area contributed by atoms with Crippen LogP contribution in [0.4, 0.5) is 5.69 Å². The maximum Gasteiger partial charge on any atom is 0.0992 e. The number of nitrogens with zero attached hydrogens (tertiary/aromatic N) is 2. The van der Waals surface area contributed by atoms with Gasteiger partial charge in [-0.05, 0) is 49.8 Å². The van der Waals surface area contributed by atoms with Crippen LogP contribution in [0.2, 0.25) is 0 Å². The quantitative estimate of drug-likeness (QED) is 0.781. The molecule has 0 radical (unpaired) electrons. The predicted octanol–water partition coefficient (Wildman–Crippen LogP) is 4.09. The van der Waals surface area contributed by atoms with Gasteiger partial charge in [-0.15, -0.1) is 0 Å². The second-order valence-electron chi connectivity index (χ2n) is 5.40. The molecule has 1 aliphatic heterocycles. The second-order valence-corrected chi connectivity index (χ2v) is 6.32. The number of hydrogen-bond acceptors (Lipinski definition) is 2. The van der Waals surface area contributed by atoms with Gasteiger partial charge in [-0.1, -0.05) is 22.4 Å². The largest absolute Gasteiger partial charge is 0.368 e. The molecule has 2 aliphatic rings. The summed E-state index contributed by atoms with van der Waals surface area (Å²) in [6.07, 6.45) is 6.75. The highest BCUT2D eigenvalue weighted by Gasteiger charge is 2.35. The third-order valence-electron chi connectivity index (χ3n) is 4.34. The van der Waals surface area contributed by atoms with Crippen molar-refractivity contribution in [2.24, 2.45) is 5.92 Å². The Morgan fingerprint density at radius 2 is 2.00 bits per heavy atom. The van der Waals surface area contributed by atoms with Crippen LogP contribution in [0.5, 0.6) is 0 Å². The lowest BCUT2D eigenvalue weighted by Gasteiger charge is -2.39. The zero-order chi connectivity index (χ0) is 12.5. The zero-order valence-corrected chi connectivity index (χ0v) is 12.0. The molecule has 1 saturated heterocycles. The predicted molar refractivity (Wildman–Crippen MR) is 76.6 cm³/mol. The molecule has 3 rings (SSSR count). The van der Waals surface area contributed by atoms with E-state index in [9.17, 15) is 0 Å². The third-order valence-corrected chi connectivity index (χ3v) is 4.79. The number of rotatable bonds is 1. The van der Waals surface area contributed by atoms with Crippen molar-refractivity contribution in [1.29, 1.82) is 5.26 Å². The summed E-state index contributed by atoms with van der Waals surface area (Å²) in [5.41, 5.74) is 1.97. The molecule has 3 heteroatoms. The fourth-order valence-electron chi connectivity index (χ4n) is 3.58. The lowest BCUT2D eigenvalue weighted by Crippen LogP contribution is -2.42. The van der Waals surface area contributed by atoms with Crippen molar-refractivity contribution in [2.45, 2.75) is 38.1 Å². The molecule has 1 saturated carbocycles. The highest BCUT2D eigenvalue weighted by molar-refractivity contribution is 9.10. The van der Waals surface area contributed by atoms with Gasteiger partial charge >= 0.3 is 0 Å². The molecule has 94 valence electrons. The molecule has 2 unspecified atom stereocenters. The van der Waals surface area contributed by atoms with Crippen molar-refractivity contribution in [1.82, 2.24) is 0 Å². The number of halogens is 1. The van der Waals surface area contributed by atoms with Crippen LogP contribution in [0.25, 0.3) is 0 Å². The fourth-order valence-corrected chi connectivity index (χ4v) is 4.06. The van der Waals surface area contributed by atoms with Crippen molar-refractivity contribution in [3.63, 3.8) is 0 Å². The summed E-state index contributed by atoms with van der Waals surface area (Å²) in [5, 5.41) is 9.08. The monoisotopic (exact) mass is 304 g/mol. The van der Waals surface area contributed by atoms with Gasteiger partial charge in [0.15, 0.2) is 0 Å². The van der Waals surface area contributed by atoms with Crippen molar-refractivity contribution >= 4 is 21.6 Å². The van der Waals surface area contributed by atoms with E-state index in [4.69, 9.17) is 5.26 Å². The SMILES string of the molecule is N#Cc1cc(Br)cc(N2CCCC3CCCC32)c1. The van der Waals surface area contributed by atoms with Gasteiger partial charge in [-0.25, -0.2) is 0 Å². The van der Waals surface area contributed by atoms with Crippen LogP contribution in [0.1, 0.15) is 37.7 Å². The Labute approximate surface area is 117 Å². The van der Waals surface area contributed by atoms with Gasteiger partial charge < -0.3 is 4.90 Å². The number of nitriles is 1. The molecule has 2 atom stereocenters. The third kappa shape index (κ3) is 2.14. The highest BCUT2D eigenvalue weighted by atomic mass is 79.9. The standard InChI is InChI=1S/C15H17BrN2/c16-13-7-11(10-17)8-14(9-13)18-6-2-4-12-3-1-5-15(12)18/h7-9,12,15H,1-6H2. The first-order chi connectivity index (χ1) is 8.78. The maximum atomic E-state index is 9.08. The summed E-state index contributed by atoms with van der Waals surface area (Å²) in [5.74, 6) is 0.878. The van der Waals surface area contributed by atoms with E-state index in [1.165, 1.54) is 37.8 Å². The Balaban J connectivity index is 1.94. The van der Waals surface area contributed by atoms with Gasteiger partial charge in [0.2, 0.25) is 0 Å². The van der Waals surface area contributed by atoms with E-state index in [1.807, 2.05) is 12.1 Å². The van der Waals surface area contributed by atoms with Crippen LogP contribution in [0.15, 0.2) is 22.7 Å². The zero-order valence-electron chi connectivity index (χ0n) is 10.4. The summed E-state index contributed by atoms with van der Waals surface area (Å²) in [6, 6.07) is 9.03. The van der Waals surface area contributed by atoms with Gasteiger partial charge in [-0.3, -0.25) is 0 Å². The number of fused-ring (bicyclic) bond motifs is 1. The average molecular weight is 305 g/mol. The Kier molecular flexibility index (Phi) is 3.30. The molecule has 0 N–H and O–H groups in total. The molecule has 1 aromatic rings. The van der Waals surface area contributed by atoms with E-state index < -0.39 is 0 Å². The van der Waals surface area contributed by atoms with Crippen LogP contribution in [-0.4, -0.2) is 12.6 Å². The minimum atomic E-state index is 0.708. The molecule has 2 fully saturated rings. The minimum Gasteiger partial charge on any atom is -0.368 e. The molecule has 1 aromatic carbocycles. The van der Waals surface area contributed by atoms with Crippen LogP contribution < -0.4 is 4.90 Å². The Bertz CT molecular complexity index is 492. The van der Waals surface area contributed by atoms with Crippen molar-refractivity contribution < 1.29 is 0 Å². The smallest absolute Gasteiger partial charge is 0.0992 e. The van der Waals surface area contributed by atoms with E-state index in [-0.39, 0.29) is 0 Å². The Morgan fingerprint density at radius 1 is 1.17 bits per heavy atom. The molecule has 2 nitrogen and oxygen atoms in total. The van der Waals surface area contributed by atoms with E-state index >= 15 is 0 Å². The number of anilines is 1. The lowest BCUT2D eigenvalue weighted by molar-refractivity contribution is 0.362.